The highest BCUT2D eigenvalue weighted by atomic mass is 19.1. The first kappa shape index (κ1) is 21.4. The van der Waals surface area contributed by atoms with Crippen molar-refractivity contribution in [1.82, 2.24) is 10.3 Å². The number of pyridine rings is 1. The van der Waals surface area contributed by atoms with Crippen molar-refractivity contribution in [2.24, 2.45) is 5.73 Å². The molecule has 3 rings (SSSR count). The molecular formula is C22H19FN4O4. The highest BCUT2D eigenvalue weighted by Crippen LogP contribution is 2.26. The number of nitrogens with one attached hydrogen (secondary N) is 2. The summed E-state index contributed by atoms with van der Waals surface area (Å²) in [5.74, 6) is -3.25. The van der Waals surface area contributed by atoms with Crippen LogP contribution < -0.4 is 21.1 Å². The second kappa shape index (κ2) is 9.97. The van der Waals surface area contributed by atoms with Gasteiger partial charge in [0, 0.05) is 30.6 Å². The summed E-state index contributed by atoms with van der Waals surface area (Å²) in [5, 5.41) is 4.84. The maximum absolute atomic E-state index is 14.4. The van der Waals surface area contributed by atoms with Crippen LogP contribution in [0.5, 0.6) is 11.5 Å². The maximum Gasteiger partial charge on any atom is 0.313 e. The molecule has 1 heterocycles. The number of aromatic nitrogens is 1. The van der Waals surface area contributed by atoms with Crippen molar-refractivity contribution in [3.8, 4) is 11.5 Å². The number of carbonyl (C=O) groups excluding carboxylic acids is 3. The van der Waals surface area contributed by atoms with Crippen LogP contribution in [-0.2, 0) is 16.0 Å². The zero-order chi connectivity index (χ0) is 22.2. The Morgan fingerprint density at radius 2 is 1.77 bits per heavy atom. The fraction of sp³-hybridized carbons (Fsp3) is 0.0909. The van der Waals surface area contributed by atoms with E-state index >= 15 is 0 Å². The smallest absolute Gasteiger partial charge is 0.313 e. The molecule has 2 aromatic carbocycles. The van der Waals surface area contributed by atoms with Crippen molar-refractivity contribution in [2.45, 2.75) is 6.42 Å². The van der Waals surface area contributed by atoms with Gasteiger partial charge in [-0.25, -0.2) is 4.39 Å². The van der Waals surface area contributed by atoms with Crippen LogP contribution in [-0.4, -0.2) is 29.3 Å². The molecule has 0 saturated carbocycles. The zero-order valence-corrected chi connectivity index (χ0v) is 16.3. The quantitative estimate of drug-likeness (QED) is 0.505. The molecule has 0 fully saturated rings. The number of ether oxygens (including phenoxy) is 1. The molecule has 31 heavy (non-hydrogen) atoms. The number of rotatable bonds is 7. The molecule has 0 radical (unpaired) electrons. The summed E-state index contributed by atoms with van der Waals surface area (Å²) < 4.78 is 19.7. The fourth-order valence-electron chi connectivity index (χ4n) is 2.63. The third-order valence-electron chi connectivity index (χ3n) is 4.15. The predicted octanol–water partition coefficient (Wildman–Crippen LogP) is 2.41. The number of hydrogen-bond donors (Lipinski definition) is 3. The van der Waals surface area contributed by atoms with E-state index in [2.05, 4.69) is 15.6 Å². The third-order valence-corrected chi connectivity index (χ3v) is 4.15. The van der Waals surface area contributed by atoms with Gasteiger partial charge in [0.2, 0.25) is 0 Å². The lowest BCUT2D eigenvalue weighted by atomic mass is 10.1. The average Bonchev–Trinajstić information content (AvgIpc) is 2.76. The molecule has 0 unspecified atom stereocenters. The van der Waals surface area contributed by atoms with E-state index in [0.29, 0.717) is 6.42 Å². The minimum Gasteiger partial charge on any atom is -0.454 e. The van der Waals surface area contributed by atoms with Gasteiger partial charge in [0.15, 0.2) is 11.6 Å². The van der Waals surface area contributed by atoms with Gasteiger partial charge >= 0.3 is 11.8 Å². The Hall–Kier alpha value is -4.27. The van der Waals surface area contributed by atoms with Gasteiger partial charge in [-0.05, 0) is 30.2 Å². The van der Waals surface area contributed by atoms with Gasteiger partial charge in [0.25, 0.3) is 5.91 Å². The van der Waals surface area contributed by atoms with Crippen molar-refractivity contribution < 1.29 is 23.5 Å². The van der Waals surface area contributed by atoms with Crippen LogP contribution in [0, 0.1) is 5.82 Å². The first-order chi connectivity index (χ1) is 14.9. The molecule has 8 nitrogen and oxygen atoms in total. The number of anilines is 1. The molecule has 4 N–H and O–H groups in total. The molecule has 0 aliphatic heterocycles. The average molecular weight is 422 g/mol. The van der Waals surface area contributed by atoms with Crippen LogP contribution in [0.1, 0.15) is 16.1 Å². The number of nitrogens with zero attached hydrogens (tertiary/aromatic N) is 1. The van der Waals surface area contributed by atoms with Gasteiger partial charge in [-0.3, -0.25) is 19.4 Å². The number of nitrogens with two attached hydrogens (primary N) is 1. The number of amides is 3. The van der Waals surface area contributed by atoms with Gasteiger partial charge in [-0.1, -0.05) is 30.3 Å². The summed E-state index contributed by atoms with van der Waals surface area (Å²) in [6, 6.07) is 15.9. The number of primary amides is 1. The second-order valence-corrected chi connectivity index (χ2v) is 6.43. The van der Waals surface area contributed by atoms with E-state index in [4.69, 9.17) is 10.5 Å². The first-order valence-corrected chi connectivity index (χ1v) is 9.29. The van der Waals surface area contributed by atoms with Gasteiger partial charge in [0.05, 0.1) is 0 Å². The maximum atomic E-state index is 14.4. The van der Waals surface area contributed by atoms with Crippen LogP contribution in [0.2, 0.25) is 0 Å². The van der Waals surface area contributed by atoms with E-state index in [1.165, 1.54) is 30.5 Å². The van der Waals surface area contributed by atoms with Crippen LogP contribution in [0.15, 0.2) is 66.9 Å². The lowest BCUT2D eigenvalue weighted by molar-refractivity contribution is -0.136. The Bertz CT molecular complexity index is 1110. The minimum atomic E-state index is -0.915. The van der Waals surface area contributed by atoms with Crippen molar-refractivity contribution in [3.63, 3.8) is 0 Å². The molecule has 0 saturated heterocycles. The van der Waals surface area contributed by atoms with Gasteiger partial charge in [-0.2, -0.15) is 0 Å². The molecule has 3 aromatic rings. The van der Waals surface area contributed by atoms with Gasteiger partial charge in [-0.15, -0.1) is 0 Å². The van der Waals surface area contributed by atoms with E-state index in [1.54, 1.807) is 0 Å². The van der Waals surface area contributed by atoms with Crippen molar-refractivity contribution >= 4 is 23.4 Å². The van der Waals surface area contributed by atoms with E-state index in [0.717, 1.165) is 11.6 Å². The monoisotopic (exact) mass is 422 g/mol. The van der Waals surface area contributed by atoms with Crippen molar-refractivity contribution in [1.29, 1.82) is 0 Å². The molecule has 3 amide bonds. The summed E-state index contributed by atoms with van der Waals surface area (Å²) in [4.78, 5) is 38.9. The molecule has 1 aromatic heterocycles. The summed E-state index contributed by atoms with van der Waals surface area (Å²) in [6.45, 7) is 0.288. The summed E-state index contributed by atoms with van der Waals surface area (Å²) in [7, 11) is 0. The number of benzene rings is 2. The highest BCUT2D eigenvalue weighted by Gasteiger charge is 2.15. The molecule has 0 spiro atoms. The van der Waals surface area contributed by atoms with E-state index in [9.17, 15) is 18.8 Å². The summed E-state index contributed by atoms with van der Waals surface area (Å²) in [6.07, 6.45) is 1.88. The zero-order valence-electron chi connectivity index (χ0n) is 16.3. The molecule has 0 bridgehead atoms. The van der Waals surface area contributed by atoms with Gasteiger partial charge < -0.3 is 21.1 Å². The number of carbonyl (C=O) groups is 3. The van der Waals surface area contributed by atoms with Crippen molar-refractivity contribution in [2.75, 3.05) is 11.9 Å². The SMILES string of the molecule is NC(=O)c1cc(Oc2ccc(NC(=O)C(=O)NCCc3ccccc3)cc2F)ccn1. The largest absolute Gasteiger partial charge is 0.454 e. The first-order valence-electron chi connectivity index (χ1n) is 9.29. The molecule has 0 atom stereocenters. The Kier molecular flexibility index (Phi) is 6.89. The van der Waals surface area contributed by atoms with E-state index < -0.39 is 23.5 Å². The molecule has 158 valence electrons. The topological polar surface area (TPSA) is 123 Å². The Morgan fingerprint density at radius 3 is 2.48 bits per heavy atom. The normalized spacial score (nSPS) is 10.2. The predicted molar refractivity (Wildman–Crippen MR) is 111 cm³/mol. The van der Waals surface area contributed by atoms with E-state index in [-0.39, 0.29) is 29.4 Å². The van der Waals surface area contributed by atoms with Crippen LogP contribution in [0.25, 0.3) is 0 Å². The Labute approximate surface area is 177 Å². The standard InChI is InChI=1S/C22H19FN4O4/c23-17-12-15(6-7-19(17)31-16-9-11-25-18(13-16)20(24)28)27-22(30)21(29)26-10-8-14-4-2-1-3-5-14/h1-7,9,11-13H,8,10H2,(H2,24,28)(H,26,29)(H,27,30). The molecule has 0 aliphatic carbocycles. The highest BCUT2D eigenvalue weighted by molar-refractivity contribution is 6.39. The second-order valence-electron chi connectivity index (χ2n) is 6.43. The van der Waals surface area contributed by atoms with Crippen molar-refractivity contribution in [3.05, 3.63) is 83.9 Å². The van der Waals surface area contributed by atoms with Crippen LogP contribution in [0.3, 0.4) is 0 Å². The fourth-order valence-corrected chi connectivity index (χ4v) is 2.63. The molecule has 0 aliphatic rings. The number of hydrogen-bond acceptors (Lipinski definition) is 5. The van der Waals surface area contributed by atoms with Crippen LogP contribution >= 0.6 is 0 Å². The Balaban J connectivity index is 1.55. The lowest BCUT2D eigenvalue weighted by Crippen LogP contribution is -2.36. The number of halogens is 1. The molecular weight excluding hydrogens is 403 g/mol. The Morgan fingerprint density at radius 1 is 1.00 bits per heavy atom. The lowest BCUT2D eigenvalue weighted by Gasteiger charge is -2.10. The third kappa shape index (κ3) is 6.10. The van der Waals surface area contributed by atoms with E-state index in [1.807, 2.05) is 30.3 Å². The van der Waals surface area contributed by atoms with Gasteiger partial charge in [0.1, 0.15) is 11.4 Å². The summed E-state index contributed by atoms with van der Waals surface area (Å²) >= 11 is 0. The minimum absolute atomic E-state index is 0.0277. The molecule has 9 heteroatoms. The summed E-state index contributed by atoms with van der Waals surface area (Å²) in [5.41, 5.74) is 6.23. The van der Waals surface area contributed by atoms with Crippen LogP contribution in [0.4, 0.5) is 10.1 Å².